The van der Waals surface area contributed by atoms with Crippen LogP contribution in [0.25, 0.3) is 10.8 Å². The van der Waals surface area contributed by atoms with Crippen LogP contribution in [-0.4, -0.2) is 77.9 Å². The van der Waals surface area contributed by atoms with Crippen molar-refractivity contribution in [2.45, 2.75) is 50.7 Å². The molecule has 3 aliphatic rings. The zero-order valence-electron chi connectivity index (χ0n) is 18.8. The van der Waals surface area contributed by atoms with Gasteiger partial charge < -0.3 is 10.2 Å². The first-order valence-corrected chi connectivity index (χ1v) is 12.2. The number of carbonyl (C=O) groups is 2. The fourth-order valence-electron chi connectivity index (χ4n) is 5.65. The Balaban J connectivity index is 1.21. The van der Waals surface area contributed by atoms with E-state index in [0.29, 0.717) is 19.1 Å². The lowest BCUT2D eigenvalue weighted by molar-refractivity contribution is -0.140. The average Bonchev–Trinajstić information content (AvgIpc) is 3.36. The smallest absolute Gasteiger partial charge is 0.237 e. The number of hydrogen-bond donors (Lipinski definition) is 1. The van der Waals surface area contributed by atoms with E-state index in [1.54, 1.807) is 0 Å². The number of rotatable bonds is 5. The molecule has 2 aliphatic heterocycles. The molecule has 6 heteroatoms. The molecule has 0 radical (unpaired) electrons. The number of piperazine rings is 2. The summed E-state index contributed by atoms with van der Waals surface area (Å²) in [4.78, 5) is 32.5. The fourth-order valence-corrected chi connectivity index (χ4v) is 5.65. The van der Waals surface area contributed by atoms with Gasteiger partial charge in [-0.15, -0.1) is 0 Å². The third-order valence-corrected chi connectivity index (χ3v) is 7.52. The van der Waals surface area contributed by atoms with Gasteiger partial charge in [-0.2, -0.15) is 0 Å². The average molecular weight is 435 g/mol. The predicted octanol–water partition coefficient (Wildman–Crippen LogP) is 2.62. The van der Waals surface area contributed by atoms with E-state index >= 15 is 0 Å². The molecule has 2 amide bonds. The largest absolute Gasteiger partial charge is 0.353 e. The summed E-state index contributed by atoms with van der Waals surface area (Å²) in [7, 11) is 0. The van der Waals surface area contributed by atoms with Crippen molar-refractivity contribution >= 4 is 22.6 Å². The molecule has 3 fully saturated rings. The number of fused-ring (bicyclic) bond motifs is 1. The van der Waals surface area contributed by atoms with Gasteiger partial charge in [-0.05, 0) is 35.2 Å². The zero-order chi connectivity index (χ0) is 21.9. The highest BCUT2D eigenvalue weighted by atomic mass is 16.2. The third kappa shape index (κ3) is 4.66. The number of carbonyl (C=O) groups excluding carboxylic acids is 2. The fraction of sp³-hybridized carbons (Fsp3) is 0.538. The molecule has 1 N–H and O–H groups in total. The maximum atomic E-state index is 13.1. The Labute approximate surface area is 190 Å². The summed E-state index contributed by atoms with van der Waals surface area (Å²) in [6, 6.07) is 15.1. The molecular weight excluding hydrogens is 400 g/mol. The Hall–Kier alpha value is -2.44. The van der Waals surface area contributed by atoms with E-state index in [1.165, 1.54) is 42.0 Å². The number of benzene rings is 2. The minimum absolute atomic E-state index is 0.0185. The monoisotopic (exact) mass is 434 g/mol. The first kappa shape index (κ1) is 21.4. The van der Waals surface area contributed by atoms with Crippen molar-refractivity contribution in [1.29, 1.82) is 0 Å². The van der Waals surface area contributed by atoms with Crippen LogP contribution in [-0.2, 0) is 16.1 Å². The topological polar surface area (TPSA) is 55.9 Å². The summed E-state index contributed by atoms with van der Waals surface area (Å²) in [5.41, 5.74) is 1.18. The molecule has 2 aromatic rings. The lowest BCUT2D eigenvalue weighted by Gasteiger charge is -2.40. The molecule has 0 spiro atoms. The second kappa shape index (κ2) is 9.59. The molecule has 6 nitrogen and oxygen atoms in total. The van der Waals surface area contributed by atoms with Crippen LogP contribution in [0, 0.1) is 0 Å². The Morgan fingerprint density at radius 3 is 2.47 bits per heavy atom. The Morgan fingerprint density at radius 1 is 0.938 bits per heavy atom. The summed E-state index contributed by atoms with van der Waals surface area (Å²) >= 11 is 0. The molecule has 5 rings (SSSR count). The van der Waals surface area contributed by atoms with E-state index < -0.39 is 6.04 Å². The van der Waals surface area contributed by atoms with Crippen LogP contribution >= 0.6 is 0 Å². The number of hydrogen-bond acceptors (Lipinski definition) is 4. The van der Waals surface area contributed by atoms with E-state index in [1.807, 2.05) is 17.0 Å². The molecule has 32 heavy (non-hydrogen) atoms. The maximum absolute atomic E-state index is 13.1. The molecule has 2 heterocycles. The molecule has 0 bridgehead atoms. The summed E-state index contributed by atoms with van der Waals surface area (Å²) < 4.78 is 0. The van der Waals surface area contributed by atoms with Crippen LogP contribution in [0.3, 0.4) is 0 Å². The van der Waals surface area contributed by atoms with Crippen molar-refractivity contribution in [3.05, 3.63) is 48.0 Å². The van der Waals surface area contributed by atoms with E-state index in [0.717, 1.165) is 32.7 Å². The number of nitrogens with zero attached hydrogens (tertiary/aromatic N) is 3. The van der Waals surface area contributed by atoms with Gasteiger partial charge in [0.25, 0.3) is 0 Å². The second-order valence-electron chi connectivity index (χ2n) is 9.52. The van der Waals surface area contributed by atoms with Gasteiger partial charge in [0.15, 0.2) is 0 Å². The summed E-state index contributed by atoms with van der Waals surface area (Å²) in [6.07, 6.45) is 5.56. The molecule has 2 saturated heterocycles. The quantitative estimate of drug-likeness (QED) is 0.786. The van der Waals surface area contributed by atoms with E-state index in [4.69, 9.17) is 0 Å². The predicted molar refractivity (Wildman–Crippen MR) is 126 cm³/mol. The Kier molecular flexibility index (Phi) is 6.42. The maximum Gasteiger partial charge on any atom is 0.237 e. The lowest BCUT2D eigenvalue weighted by atomic mass is 10.0. The van der Waals surface area contributed by atoms with Crippen molar-refractivity contribution in [1.82, 2.24) is 20.0 Å². The highest BCUT2D eigenvalue weighted by Gasteiger charge is 2.34. The highest BCUT2D eigenvalue weighted by molar-refractivity contribution is 5.89. The van der Waals surface area contributed by atoms with Crippen LogP contribution in [0.4, 0.5) is 0 Å². The molecule has 1 saturated carbocycles. The Morgan fingerprint density at radius 2 is 1.69 bits per heavy atom. The van der Waals surface area contributed by atoms with Crippen LogP contribution in [0.5, 0.6) is 0 Å². The van der Waals surface area contributed by atoms with Crippen LogP contribution in [0.15, 0.2) is 42.5 Å². The minimum atomic E-state index is -0.393. The molecule has 0 aromatic heterocycles. The first-order chi connectivity index (χ1) is 15.7. The summed E-state index contributed by atoms with van der Waals surface area (Å²) in [5, 5.41) is 5.40. The van der Waals surface area contributed by atoms with Crippen molar-refractivity contribution in [2.24, 2.45) is 0 Å². The van der Waals surface area contributed by atoms with Crippen LogP contribution in [0.2, 0.25) is 0 Å². The first-order valence-electron chi connectivity index (χ1n) is 12.2. The van der Waals surface area contributed by atoms with Gasteiger partial charge in [0.1, 0.15) is 0 Å². The molecule has 2 aromatic carbocycles. The van der Waals surface area contributed by atoms with E-state index in [9.17, 15) is 9.59 Å². The van der Waals surface area contributed by atoms with E-state index in [2.05, 4.69) is 45.4 Å². The van der Waals surface area contributed by atoms with Gasteiger partial charge in [0, 0.05) is 51.9 Å². The highest BCUT2D eigenvalue weighted by Crippen LogP contribution is 2.25. The Bertz CT molecular complexity index is 963. The minimum Gasteiger partial charge on any atom is -0.353 e. The zero-order valence-corrected chi connectivity index (χ0v) is 18.8. The normalized spacial score (nSPS) is 23.6. The van der Waals surface area contributed by atoms with Crippen LogP contribution in [0.1, 0.15) is 37.7 Å². The molecule has 1 unspecified atom stereocenters. The van der Waals surface area contributed by atoms with Gasteiger partial charge in [-0.1, -0.05) is 49.2 Å². The standard InChI is InChI=1S/C26H34N4O2/c31-25(29-15-13-28(14-16-29)23-7-3-4-8-23)18-24-26(32)27-11-12-30(24)19-20-9-10-21-5-1-2-6-22(21)17-20/h1-2,5-6,9-10,17,23-24H,3-4,7-8,11-16,18-19H2,(H,27,32). The SMILES string of the molecule is O=C1NCCN(Cc2ccc3ccccc3c2)C1CC(=O)N1CCN(C2CCCC2)CC1. The molecule has 170 valence electrons. The van der Waals surface area contributed by atoms with Crippen molar-refractivity contribution in [2.75, 3.05) is 39.3 Å². The molecular formula is C26H34N4O2. The number of amides is 2. The van der Waals surface area contributed by atoms with Crippen molar-refractivity contribution in [3.63, 3.8) is 0 Å². The van der Waals surface area contributed by atoms with Gasteiger partial charge in [0.05, 0.1) is 12.5 Å². The third-order valence-electron chi connectivity index (χ3n) is 7.52. The van der Waals surface area contributed by atoms with Crippen LogP contribution < -0.4 is 5.32 Å². The summed E-state index contributed by atoms with van der Waals surface area (Å²) in [5.74, 6) is 0.0941. The van der Waals surface area contributed by atoms with Crippen molar-refractivity contribution < 1.29 is 9.59 Å². The van der Waals surface area contributed by atoms with Gasteiger partial charge >= 0.3 is 0 Å². The lowest BCUT2D eigenvalue weighted by Crippen LogP contribution is -2.57. The van der Waals surface area contributed by atoms with Gasteiger partial charge in [-0.25, -0.2) is 0 Å². The second-order valence-corrected chi connectivity index (χ2v) is 9.52. The molecule has 1 aliphatic carbocycles. The summed E-state index contributed by atoms with van der Waals surface area (Å²) in [6.45, 7) is 5.60. The van der Waals surface area contributed by atoms with Gasteiger partial charge in [0.2, 0.25) is 11.8 Å². The van der Waals surface area contributed by atoms with Crippen molar-refractivity contribution in [3.8, 4) is 0 Å². The van der Waals surface area contributed by atoms with Gasteiger partial charge in [-0.3, -0.25) is 19.4 Å². The van der Waals surface area contributed by atoms with E-state index in [-0.39, 0.29) is 18.2 Å². The molecule has 1 atom stereocenters. The number of nitrogens with one attached hydrogen (secondary N) is 1.